The van der Waals surface area contributed by atoms with Crippen LogP contribution in [0.2, 0.25) is 0 Å². The number of hydrogen-bond acceptors (Lipinski definition) is 4. The summed E-state index contributed by atoms with van der Waals surface area (Å²) < 4.78 is 12.0. The number of carboxylic acid groups (broad SMARTS) is 2. The lowest BCUT2D eigenvalue weighted by Gasteiger charge is -2.14. The number of hydrogen-bond donors (Lipinski definition) is 2. The summed E-state index contributed by atoms with van der Waals surface area (Å²) in [5.74, 6) is -0.811. The topological polar surface area (TPSA) is 93.1 Å². The van der Waals surface area contributed by atoms with E-state index in [-0.39, 0.29) is 5.56 Å². The zero-order valence-electron chi connectivity index (χ0n) is 20.0. The minimum atomic E-state index is -1.09. The number of carboxylic acids is 2. The van der Waals surface area contributed by atoms with Gasteiger partial charge in [-0.05, 0) is 66.0 Å². The molecule has 0 bridgehead atoms. The van der Waals surface area contributed by atoms with Crippen LogP contribution in [0.1, 0.15) is 73.9 Å². The predicted molar refractivity (Wildman–Crippen MR) is 135 cm³/mol. The monoisotopic (exact) mass is 466 g/mol. The lowest BCUT2D eigenvalue weighted by molar-refractivity contribution is -0.131. The van der Waals surface area contributed by atoms with Crippen molar-refractivity contribution in [3.8, 4) is 11.5 Å². The normalized spacial score (nSPS) is 11.5. The van der Waals surface area contributed by atoms with Gasteiger partial charge in [-0.1, -0.05) is 57.7 Å². The average molecular weight is 467 g/mol. The van der Waals surface area contributed by atoms with Crippen LogP contribution in [0.3, 0.4) is 0 Å². The van der Waals surface area contributed by atoms with Crippen LogP contribution in [-0.2, 0) is 4.79 Å². The number of allylic oxidation sites excluding steroid dienone is 2. The molecule has 0 aliphatic carbocycles. The third-order valence-corrected chi connectivity index (χ3v) is 5.15. The molecule has 0 saturated carbocycles. The molecule has 0 aliphatic heterocycles. The van der Waals surface area contributed by atoms with Crippen LogP contribution in [0.25, 0.3) is 11.6 Å². The second-order valence-corrected chi connectivity index (χ2v) is 7.97. The number of aliphatic carboxylic acids is 1. The maximum absolute atomic E-state index is 11.4. The van der Waals surface area contributed by atoms with Gasteiger partial charge in [0.1, 0.15) is 0 Å². The number of aromatic carboxylic acids is 1. The van der Waals surface area contributed by atoms with E-state index in [0.717, 1.165) is 50.2 Å². The van der Waals surface area contributed by atoms with Gasteiger partial charge in [0.25, 0.3) is 0 Å². The van der Waals surface area contributed by atoms with Crippen molar-refractivity contribution in [3.05, 3.63) is 71.3 Å². The molecule has 6 heteroatoms. The highest BCUT2D eigenvalue weighted by Crippen LogP contribution is 2.31. The van der Waals surface area contributed by atoms with Crippen LogP contribution in [0, 0.1) is 0 Å². The molecule has 0 fully saturated rings. The largest absolute Gasteiger partial charge is 0.490 e. The molecular weight excluding hydrogens is 432 g/mol. The van der Waals surface area contributed by atoms with Gasteiger partial charge in [-0.15, -0.1) is 0 Å². The van der Waals surface area contributed by atoms with Crippen LogP contribution in [0.5, 0.6) is 11.5 Å². The first-order valence-corrected chi connectivity index (χ1v) is 11.8. The summed E-state index contributed by atoms with van der Waals surface area (Å²) in [5.41, 5.74) is 2.09. The lowest BCUT2D eigenvalue weighted by Crippen LogP contribution is -2.03. The molecule has 2 aromatic rings. The molecule has 2 rings (SSSR count). The second kappa shape index (κ2) is 14.6. The van der Waals surface area contributed by atoms with Crippen LogP contribution in [0.15, 0.2) is 54.6 Å². The van der Waals surface area contributed by atoms with E-state index in [2.05, 4.69) is 13.8 Å². The third-order valence-electron chi connectivity index (χ3n) is 5.15. The van der Waals surface area contributed by atoms with Gasteiger partial charge in [-0.3, -0.25) is 0 Å². The molecule has 0 aliphatic rings. The van der Waals surface area contributed by atoms with Crippen molar-refractivity contribution in [2.24, 2.45) is 0 Å². The molecule has 0 spiro atoms. The first-order valence-electron chi connectivity index (χ1n) is 11.8. The SMILES string of the molecule is CCCCCOc1ccc(C=C(C=CC(=O)O)c2cccc(C(=O)O)c2)cc1OCCCCC. The maximum atomic E-state index is 11.4. The number of ether oxygens (including phenoxy) is 2. The van der Waals surface area contributed by atoms with Crippen molar-refractivity contribution in [2.45, 2.75) is 52.4 Å². The van der Waals surface area contributed by atoms with Gasteiger partial charge in [-0.25, -0.2) is 9.59 Å². The summed E-state index contributed by atoms with van der Waals surface area (Å²) in [6.45, 7) is 5.48. The van der Waals surface area contributed by atoms with Crippen LogP contribution in [-0.4, -0.2) is 35.4 Å². The van der Waals surface area contributed by atoms with Crippen LogP contribution >= 0.6 is 0 Å². The molecule has 182 valence electrons. The van der Waals surface area contributed by atoms with Crippen LogP contribution in [0.4, 0.5) is 0 Å². The van der Waals surface area contributed by atoms with E-state index in [0.29, 0.717) is 35.8 Å². The van der Waals surface area contributed by atoms with Gasteiger partial charge in [0.2, 0.25) is 0 Å². The third kappa shape index (κ3) is 9.14. The molecular formula is C28H34O6. The summed E-state index contributed by atoms with van der Waals surface area (Å²) in [7, 11) is 0. The quantitative estimate of drug-likeness (QED) is 0.131. The zero-order valence-corrected chi connectivity index (χ0v) is 20.0. The summed E-state index contributed by atoms with van der Waals surface area (Å²) in [6.07, 6.45) is 10.6. The van der Waals surface area contributed by atoms with Crippen molar-refractivity contribution in [3.63, 3.8) is 0 Å². The summed E-state index contributed by atoms with van der Waals surface area (Å²) in [6, 6.07) is 12.0. The molecule has 2 N–H and O–H groups in total. The Balaban J connectivity index is 2.40. The molecule has 0 saturated heterocycles. The van der Waals surface area contributed by atoms with Crippen molar-refractivity contribution in [1.29, 1.82) is 0 Å². The summed E-state index contributed by atoms with van der Waals surface area (Å²) in [5, 5.41) is 18.4. The molecule has 0 unspecified atom stereocenters. The van der Waals surface area contributed by atoms with E-state index >= 15 is 0 Å². The summed E-state index contributed by atoms with van der Waals surface area (Å²) in [4.78, 5) is 22.5. The van der Waals surface area contributed by atoms with Gasteiger partial charge in [0.05, 0.1) is 18.8 Å². The average Bonchev–Trinajstić information content (AvgIpc) is 2.83. The van der Waals surface area contributed by atoms with E-state index < -0.39 is 11.9 Å². The van der Waals surface area contributed by atoms with Gasteiger partial charge in [-0.2, -0.15) is 0 Å². The van der Waals surface area contributed by atoms with Gasteiger partial charge < -0.3 is 19.7 Å². The Morgan fingerprint density at radius 3 is 2.06 bits per heavy atom. The Kier molecular flexibility index (Phi) is 11.5. The number of rotatable bonds is 15. The van der Waals surface area contributed by atoms with E-state index in [9.17, 15) is 14.7 Å². The molecule has 0 atom stereocenters. The Morgan fingerprint density at radius 1 is 0.794 bits per heavy atom. The Bertz CT molecular complexity index is 1010. The fraction of sp³-hybridized carbons (Fsp3) is 0.357. The van der Waals surface area contributed by atoms with Crippen molar-refractivity contribution in [1.82, 2.24) is 0 Å². The molecule has 0 heterocycles. The predicted octanol–water partition coefficient (Wildman–Crippen LogP) is 6.70. The Labute approximate surface area is 201 Å². The van der Waals surface area contributed by atoms with Crippen molar-refractivity contribution in [2.75, 3.05) is 13.2 Å². The standard InChI is InChI=1S/C28H34O6/c1-3-5-7-16-33-25-14-12-21(19-26(25)34-17-8-6-4-2)18-23(13-15-27(29)30)22-10-9-11-24(20-22)28(31)32/h9-15,18-20H,3-8,16-17H2,1-2H3,(H,29,30)(H,31,32). The number of benzene rings is 2. The fourth-order valence-corrected chi connectivity index (χ4v) is 3.31. The number of carbonyl (C=O) groups is 2. The second-order valence-electron chi connectivity index (χ2n) is 7.97. The summed E-state index contributed by atoms with van der Waals surface area (Å²) >= 11 is 0. The first-order chi connectivity index (χ1) is 16.4. The smallest absolute Gasteiger partial charge is 0.335 e. The fourth-order valence-electron chi connectivity index (χ4n) is 3.31. The van der Waals surface area contributed by atoms with E-state index in [1.54, 1.807) is 18.2 Å². The molecule has 6 nitrogen and oxygen atoms in total. The lowest BCUT2D eigenvalue weighted by atomic mass is 10.00. The molecule has 0 radical (unpaired) electrons. The number of unbranched alkanes of at least 4 members (excludes halogenated alkanes) is 4. The van der Waals surface area contributed by atoms with Crippen molar-refractivity contribution < 1.29 is 29.3 Å². The Hall–Kier alpha value is -3.54. The minimum Gasteiger partial charge on any atom is -0.490 e. The zero-order chi connectivity index (χ0) is 24.8. The van der Waals surface area contributed by atoms with E-state index in [1.165, 1.54) is 18.2 Å². The van der Waals surface area contributed by atoms with Gasteiger partial charge in [0.15, 0.2) is 11.5 Å². The van der Waals surface area contributed by atoms with E-state index in [1.807, 2.05) is 18.2 Å². The highest BCUT2D eigenvalue weighted by Gasteiger charge is 2.09. The van der Waals surface area contributed by atoms with Crippen LogP contribution < -0.4 is 9.47 Å². The highest BCUT2D eigenvalue weighted by molar-refractivity contribution is 5.94. The highest BCUT2D eigenvalue weighted by atomic mass is 16.5. The van der Waals surface area contributed by atoms with Gasteiger partial charge >= 0.3 is 11.9 Å². The van der Waals surface area contributed by atoms with E-state index in [4.69, 9.17) is 14.6 Å². The maximum Gasteiger partial charge on any atom is 0.335 e. The minimum absolute atomic E-state index is 0.128. The molecule has 2 aromatic carbocycles. The first kappa shape index (κ1) is 26.7. The molecule has 0 aromatic heterocycles. The van der Waals surface area contributed by atoms with Crippen molar-refractivity contribution >= 4 is 23.6 Å². The Morgan fingerprint density at radius 2 is 1.44 bits per heavy atom. The van der Waals surface area contributed by atoms with Gasteiger partial charge in [0, 0.05) is 6.08 Å². The molecule has 34 heavy (non-hydrogen) atoms. The molecule has 0 amide bonds.